The van der Waals surface area contributed by atoms with E-state index in [1.165, 1.54) is 12.8 Å². The maximum atomic E-state index is 13.1. The molecule has 1 N–H and O–H groups in total. The van der Waals surface area contributed by atoms with Crippen molar-refractivity contribution in [1.29, 1.82) is 0 Å². The van der Waals surface area contributed by atoms with E-state index in [0.717, 1.165) is 41.4 Å². The van der Waals surface area contributed by atoms with E-state index in [-0.39, 0.29) is 24.4 Å². The Kier molecular flexibility index (Phi) is 6.70. The van der Waals surface area contributed by atoms with Crippen LogP contribution in [0.3, 0.4) is 0 Å². The number of nitrogens with one attached hydrogen (secondary N) is 1. The largest absolute Gasteiger partial charge is 0.342 e. The number of hydrogen-bond donors (Lipinski definition) is 1. The van der Waals surface area contributed by atoms with Crippen LogP contribution in [0.15, 0.2) is 53.0 Å². The predicted molar refractivity (Wildman–Crippen MR) is 125 cm³/mol. The minimum absolute atomic E-state index is 0.108. The molecule has 0 aliphatic carbocycles. The number of hydrogen-bond acceptors (Lipinski definition) is 3. The van der Waals surface area contributed by atoms with Gasteiger partial charge in [-0.25, -0.2) is 4.98 Å². The van der Waals surface area contributed by atoms with E-state index in [1.54, 1.807) is 12.1 Å². The van der Waals surface area contributed by atoms with Gasteiger partial charge in [-0.15, -0.1) is 0 Å². The lowest BCUT2D eigenvalue weighted by Gasteiger charge is -2.22. The number of likely N-dealkylation sites (tertiary alicyclic amines) is 1. The summed E-state index contributed by atoms with van der Waals surface area (Å²) < 4.78 is 2.80. The van der Waals surface area contributed by atoms with Gasteiger partial charge < -0.3 is 14.8 Å². The van der Waals surface area contributed by atoms with Gasteiger partial charge in [0.2, 0.25) is 5.91 Å². The molecule has 1 aromatic heterocycles. The van der Waals surface area contributed by atoms with Crippen molar-refractivity contribution in [3.63, 3.8) is 0 Å². The van der Waals surface area contributed by atoms with E-state index >= 15 is 0 Å². The third kappa shape index (κ3) is 4.98. The van der Waals surface area contributed by atoms with Crippen molar-refractivity contribution in [1.82, 2.24) is 19.8 Å². The van der Waals surface area contributed by atoms with Crippen LogP contribution in [0.4, 0.5) is 0 Å². The lowest BCUT2D eigenvalue weighted by atomic mass is 10.2. The van der Waals surface area contributed by atoms with Gasteiger partial charge in [-0.2, -0.15) is 0 Å². The summed E-state index contributed by atoms with van der Waals surface area (Å²) in [7, 11) is 0. The molecule has 1 fully saturated rings. The number of fused-ring (bicyclic) bond motifs is 1. The summed E-state index contributed by atoms with van der Waals surface area (Å²) in [5.74, 6) is 0.621. The van der Waals surface area contributed by atoms with Crippen LogP contribution in [-0.4, -0.2) is 39.4 Å². The average molecular weight is 483 g/mol. The second-order valence-corrected chi connectivity index (χ2v) is 8.96. The van der Waals surface area contributed by atoms with Crippen molar-refractivity contribution in [3.05, 3.63) is 64.4 Å². The molecule has 3 aromatic rings. The first-order valence-electron chi connectivity index (χ1n) is 10.8. The third-order valence-electron chi connectivity index (χ3n) is 5.76. The number of nitrogens with zero attached hydrogens (tertiary/aromatic N) is 3. The molecule has 7 heteroatoms. The SMILES string of the molecule is CC(NC(=O)c1cccc(Br)c1)c1nc2ccccc2n1CC(=O)N1CCCCCC1. The molecule has 0 bridgehead atoms. The molecule has 0 radical (unpaired) electrons. The molecule has 162 valence electrons. The number of carbonyl (C=O) groups is 2. The van der Waals surface area contributed by atoms with E-state index in [2.05, 4.69) is 21.2 Å². The molecular formula is C24H27BrN4O2. The minimum atomic E-state index is -0.351. The van der Waals surface area contributed by atoms with E-state index < -0.39 is 0 Å². The van der Waals surface area contributed by atoms with Gasteiger partial charge in [0.05, 0.1) is 17.1 Å². The predicted octanol–water partition coefficient (Wildman–Crippen LogP) is 4.69. The molecule has 0 saturated carbocycles. The van der Waals surface area contributed by atoms with E-state index in [0.29, 0.717) is 11.4 Å². The summed E-state index contributed by atoms with van der Waals surface area (Å²) in [6.45, 7) is 3.77. The Morgan fingerprint density at radius 1 is 1.06 bits per heavy atom. The lowest BCUT2D eigenvalue weighted by Crippen LogP contribution is -2.36. The fourth-order valence-electron chi connectivity index (χ4n) is 4.12. The summed E-state index contributed by atoms with van der Waals surface area (Å²) in [6.07, 6.45) is 4.48. The van der Waals surface area contributed by atoms with Gasteiger partial charge in [0.15, 0.2) is 0 Å². The molecule has 1 aliphatic heterocycles. The van der Waals surface area contributed by atoms with Gasteiger partial charge in [0.1, 0.15) is 12.4 Å². The van der Waals surface area contributed by atoms with Crippen molar-refractivity contribution in [2.24, 2.45) is 0 Å². The zero-order valence-corrected chi connectivity index (χ0v) is 19.3. The fourth-order valence-corrected chi connectivity index (χ4v) is 4.52. The molecule has 2 heterocycles. The van der Waals surface area contributed by atoms with E-state index in [9.17, 15) is 9.59 Å². The number of halogens is 1. The standard InChI is InChI=1S/C24H27BrN4O2/c1-17(26-24(31)18-9-8-10-19(25)15-18)23-27-20-11-4-5-12-21(20)29(23)16-22(30)28-13-6-2-3-7-14-28/h4-5,8-12,15,17H,2-3,6-7,13-14,16H2,1H3,(H,26,31). The molecule has 2 aromatic carbocycles. The number of aromatic nitrogens is 2. The summed E-state index contributed by atoms with van der Waals surface area (Å²) in [6, 6.07) is 14.7. The molecule has 6 nitrogen and oxygen atoms in total. The van der Waals surface area contributed by atoms with Crippen LogP contribution < -0.4 is 5.32 Å². The van der Waals surface area contributed by atoms with Crippen LogP contribution in [0.2, 0.25) is 0 Å². The zero-order valence-electron chi connectivity index (χ0n) is 17.7. The lowest BCUT2D eigenvalue weighted by molar-refractivity contribution is -0.131. The molecule has 1 unspecified atom stereocenters. The first-order valence-corrected chi connectivity index (χ1v) is 11.6. The summed E-state index contributed by atoms with van der Waals surface area (Å²) in [5, 5.41) is 3.04. The summed E-state index contributed by atoms with van der Waals surface area (Å²) in [5.41, 5.74) is 2.30. The van der Waals surface area contributed by atoms with Crippen LogP contribution in [-0.2, 0) is 11.3 Å². The molecule has 1 saturated heterocycles. The van der Waals surface area contributed by atoms with Crippen LogP contribution in [0.1, 0.15) is 54.8 Å². The van der Waals surface area contributed by atoms with Crippen LogP contribution in [0, 0.1) is 0 Å². The summed E-state index contributed by atoms with van der Waals surface area (Å²) >= 11 is 3.41. The topological polar surface area (TPSA) is 67.2 Å². The summed E-state index contributed by atoms with van der Waals surface area (Å²) in [4.78, 5) is 32.6. The van der Waals surface area contributed by atoms with Crippen molar-refractivity contribution in [3.8, 4) is 0 Å². The molecular weight excluding hydrogens is 456 g/mol. The van der Waals surface area contributed by atoms with Gasteiger partial charge in [0.25, 0.3) is 5.91 Å². The van der Waals surface area contributed by atoms with Crippen molar-refractivity contribution in [2.45, 2.75) is 45.2 Å². The van der Waals surface area contributed by atoms with Gasteiger partial charge >= 0.3 is 0 Å². The maximum absolute atomic E-state index is 13.1. The maximum Gasteiger partial charge on any atom is 0.251 e. The van der Waals surface area contributed by atoms with Crippen molar-refractivity contribution < 1.29 is 9.59 Å². The number of amides is 2. The highest BCUT2D eigenvalue weighted by Crippen LogP contribution is 2.22. The van der Waals surface area contributed by atoms with E-state index in [4.69, 9.17) is 4.98 Å². The molecule has 1 aliphatic rings. The molecule has 31 heavy (non-hydrogen) atoms. The number of rotatable bonds is 5. The fraction of sp³-hybridized carbons (Fsp3) is 0.375. The molecule has 4 rings (SSSR count). The van der Waals surface area contributed by atoms with E-state index in [1.807, 2.05) is 52.8 Å². The Labute approximate surface area is 190 Å². The zero-order chi connectivity index (χ0) is 21.8. The normalized spacial score (nSPS) is 15.5. The Hall–Kier alpha value is -2.67. The molecule has 1 atom stereocenters. The number of benzene rings is 2. The Morgan fingerprint density at radius 2 is 1.81 bits per heavy atom. The molecule has 0 spiro atoms. The highest BCUT2D eigenvalue weighted by Gasteiger charge is 2.23. The van der Waals surface area contributed by atoms with Crippen LogP contribution >= 0.6 is 15.9 Å². The number of imidazole rings is 1. The number of carbonyl (C=O) groups excluding carboxylic acids is 2. The first-order chi connectivity index (χ1) is 15.0. The highest BCUT2D eigenvalue weighted by atomic mass is 79.9. The minimum Gasteiger partial charge on any atom is -0.342 e. The van der Waals surface area contributed by atoms with Gasteiger partial charge in [-0.3, -0.25) is 9.59 Å². The average Bonchev–Trinajstić information content (AvgIpc) is 2.93. The second kappa shape index (κ2) is 9.64. The van der Waals surface area contributed by atoms with Crippen molar-refractivity contribution >= 4 is 38.8 Å². The first kappa shape index (κ1) is 21.6. The smallest absolute Gasteiger partial charge is 0.251 e. The van der Waals surface area contributed by atoms with Gasteiger partial charge in [0, 0.05) is 23.1 Å². The van der Waals surface area contributed by atoms with Crippen molar-refractivity contribution in [2.75, 3.05) is 13.1 Å². The number of para-hydroxylation sites is 2. The quantitative estimate of drug-likeness (QED) is 0.573. The molecule has 2 amide bonds. The Bertz CT molecular complexity index is 1090. The van der Waals surface area contributed by atoms with Gasteiger partial charge in [-0.1, -0.05) is 47.0 Å². The Balaban J connectivity index is 1.59. The van der Waals surface area contributed by atoms with Crippen LogP contribution in [0.5, 0.6) is 0 Å². The third-order valence-corrected chi connectivity index (χ3v) is 6.25. The highest BCUT2D eigenvalue weighted by molar-refractivity contribution is 9.10. The van der Waals surface area contributed by atoms with Crippen LogP contribution in [0.25, 0.3) is 11.0 Å². The Morgan fingerprint density at radius 3 is 2.55 bits per heavy atom. The monoisotopic (exact) mass is 482 g/mol. The van der Waals surface area contributed by atoms with Gasteiger partial charge in [-0.05, 0) is 50.1 Å². The second-order valence-electron chi connectivity index (χ2n) is 8.05.